The molecule has 0 aromatic carbocycles. The zero-order valence-corrected chi connectivity index (χ0v) is 33.2. The number of unbranched alkanes of at least 4 members (excludes halogenated alkanes) is 20. The van der Waals surface area contributed by atoms with Crippen molar-refractivity contribution in [2.45, 2.75) is 187 Å². The first-order valence-electron chi connectivity index (χ1n) is 20.3. The molecule has 0 radical (unpaired) electrons. The van der Waals surface area contributed by atoms with Gasteiger partial charge >= 0.3 is 19.8 Å². The van der Waals surface area contributed by atoms with E-state index in [-0.39, 0.29) is 32.0 Å². The van der Waals surface area contributed by atoms with Crippen LogP contribution in [0.5, 0.6) is 0 Å². The minimum Gasteiger partial charge on any atom is -0.462 e. The minimum absolute atomic E-state index is 0.0175. The summed E-state index contributed by atoms with van der Waals surface area (Å²) in [6.45, 7) is 4.18. The minimum atomic E-state index is -4.34. The van der Waals surface area contributed by atoms with Gasteiger partial charge < -0.3 is 19.7 Å². The molecule has 0 rings (SSSR count). The molecular formula is C40H76NO8P. The molecule has 0 aliphatic carbocycles. The number of carbonyl (C=O) groups is 2. The van der Waals surface area contributed by atoms with Gasteiger partial charge in [-0.25, -0.2) is 4.57 Å². The number of hydrogen-bond donors (Lipinski definition) is 2. The molecule has 294 valence electrons. The average Bonchev–Trinajstić information content (AvgIpc) is 3.09. The van der Waals surface area contributed by atoms with E-state index in [1.54, 1.807) is 7.05 Å². The Labute approximate surface area is 306 Å². The van der Waals surface area contributed by atoms with Crippen LogP contribution in [-0.2, 0) is 32.7 Å². The third-order valence-electron chi connectivity index (χ3n) is 8.57. The monoisotopic (exact) mass is 730 g/mol. The molecule has 0 aromatic rings. The van der Waals surface area contributed by atoms with E-state index in [1.807, 2.05) is 0 Å². The van der Waals surface area contributed by atoms with Gasteiger partial charge in [-0.05, 0) is 52.0 Å². The molecule has 0 saturated heterocycles. The zero-order chi connectivity index (χ0) is 36.8. The molecule has 0 spiro atoms. The Bertz CT molecular complexity index is 881. The molecule has 2 atom stereocenters. The van der Waals surface area contributed by atoms with Gasteiger partial charge in [-0.2, -0.15) is 0 Å². The van der Waals surface area contributed by atoms with Crippen LogP contribution in [-0.4, -0.2) is 56.3 Å². The van der Waals surface area contributed by atoms with Crippen molar-refractivity contribution in [3.63, 3.8) is 0 Å². The predicted molar refractivity (Wildman–Crippen MR) is 206 cm³/mol. The van der Waals surface area contributed by atoms with Gasteiger partial charge in [-0.1, -0.05) is 147 Å². The fraction of sp³-hybridized carbons (Fsp3) is 0.850. The number of allylic oxidation sites excluding steroid dienone is 4. The van der Waals surface area contributed by atoms with Crippen LogP contribution < -0.4 is 5.32 Å². The normalized spacial score (nSPS) is 13.6. The van der Waals surface area contributed by atoms with E-state index in [0.29, 0.717) is 13.0 Å². The molecule has 0 saturated carbocycles. The summed E-state index contributed by atoms with van der Waals surface area (Å²) in [6.07, 6.45) is 36.4. The molecule has 10 heteroatoms. The summed E-state index contributed by atoms with van der Waals surface area (Å²) in [7, 11) is -2.65. The molecule has 0 aliphatic rings. The highest BCUT2D eigenvalue weighted by Crippen LogP contribution is 2.43. The molecule has 0 heterocycles. The van der Waals surface area contributed by atoms with Gasteiger partial charge in [0.2, 0.25) is 0 Å². The number of nitrogens with one attached hydrogen (secondary N) is 1. The highest BCUT2D eigenvalue weighted by molar-refractivity contribution is 7.47. The first kappa shape index (κ1) is 48.5. The van der Waals surface area contributed by atoms with Crippen LogP contribution in [0.4, 0.5) is 0 Å². The second-order valence-electron chi connectivity index (χ2n) is 13.5. The lowest BCUT2D eigenvalue weighted by molar-refractivity contribution is -0.161. The number of carbonyl (C=O) groups excluding carboxylic acids is 2. The van der Waals surface area contributed by atoms with Crippen molar-refractivity contribution in [1.82, 2.24) is 5.32 Å². The van der Waals surface area contributed by atoms with Gasteiger partial charge in [0, 0.05) is 19.4 Å². The molecule has 50 heavy (non-hydrogen) atoms. The number of phosphoric ester groups is 1. The van der Waals surface area contributed by atoms with Crippen LogP contribution in [0.15, 0.2) is 24.3 Å². The van der Waals surface area contributed by atoms with Crippen LogP contribution in [0.3, 0.4) is 0 Å². The molecule has 0 aliphatic heterocycles. The van der Waals surface area contributed by atoms with E-state index in [9.17, 15) is 19.0 Å². The van der Waals surface area contributed by atoms with E-state index in [1.165, 1.54) is 89.9 Å². The fourth-order valence-corrected chi connectivity index (χ4v) is 6.22. The molecule has 9 nitrogen and oxygen atoms in total. The highest BCUT2D eigenvalue weighted by Gasteiger charge is 2.26. The van der Waals surface area contributed by atoms with E-state index < -0.39 is 26.5 Å². The van der Waals surface area contributed by atoms with E-state index in [0.717, 1.165) is 57.8 Å². The number of likely N-dealkylation sites (N-methyl/N-ethyl adjacent to an activating group) is 1. The first-order valence-corrected chi connectivity index (χ1v) is 21.8. The van der Waals surface area contributed by atoms with Crippen LogP contribution in [0.2, 0.25) is 0 Å². The number of phosphoric acid groups is 1. The first-order chi connectivity index (χ1) is 24.3. The largest absolute Gasteiger partial charge is 0.472 e. The second kappa shape index (κ2) is 37.3. The lowest BCUT2D eigenvalue weighted by Gasteiger charge is -2.20. The molecule has 0 fully saturated rings. The number of ether oxygens (including phenoxy) is 2. The lowest BCUT2D eigenvalue weighted by atomic mass is 10.0. The Morgan fingerprint density at radius 3 is 1.62 bits per heavy atom. The SMILES string of the molecule is CCCCC/C=C\C/C=C\CCCCCCCC(=O)OCC(COP(=O)(O)OCCNC)OC(=O)CCCCCCCCCCCCCCC. The topological polar surface area (TPSA) is 120 Å². The van der Waals surface area contributed by atoms with E-state index in [2.05, 4.69) is 43.5 Å². The Balaban J connectivity index is 4.27. The smallest absolute Gasteiger partial charge is 0.462 e. The standard InChI is InChI=1S/C40H76NO8P/c1-4-6-8-10-12-14-16-18-19-21-22-24-26-28-30-32-39(42)46-36-38(37-48-50(44,45)47-35-34-41-3)49-40(43)33-31-29-27-25-23-20-17-15-13-11-9-7-5-2/h12,14,18-19,38,41H,4-11,13,15-17,20-37H2,1-3H3,(H,44,45)/b14-12-,19-18-. The predicted octanol–water partition coefficient (Wildman–Crippen LogP) is 11.1. The number of hydrogen-bond acceptors (Lipinski definition) is 8. The van der Waals surface area contributed by atoms with Crippen LogP contribution in [0, 0.1) is 0 Å². The van der Waals surface area contributed by atoms with Gasteiger partial charge in [-0.15, -0.1) is 0 Å². The van der Waals surface area contributed by atoms with Gasteiger partial charge in [-0.3, -0.25) is 18.6 Å². The van der Waals surface area contributed by atoms with Crippen molar-refractivity contribution < 1.29 is 37.6 Å². The molecular weight excluding hydrogens is 653 g/mol. The van der Waals surface area contributed by atoms with E-state index in [4.69, 9.17) is 18.5 Å². The van der Waals surface area contributed by atoms with Crippen molar-refractivity contribution in [2.24, 2.45) is 0 Å². The Hall–Kier alpha value is -1.51. The van der Waals surface area contributed by atoms with Crippen LogP contribution in [0.1, 0.15) is 181 Å². The summed E-state index contributed by atoms with van der Waals surface area (Å²) in [5.74, 6) is -0.819. The molecule has 0 aromatic heterocycles. The maximum atomic E-state index is 12.6. The third kappa shape index (κ3) is 36.3. The maximum absolute atomic E-state index is 12.6. The van der Waals surface area contributed by atoms with Gasteiger partial charge in [0.15, 0.2) is 6.10 Å². The third-order valence-corrected chi connectivity index (χ3v) is 9.56. The summed E-state index contributed by atoms with van der Waals surface area (Å²) >= 11 is 0. The summed E-state index contributed by atoms with van der Waals surface area (Å²) < 4.78 is 33.1. The molecule has 2 unspecified atom stereocenters. The Morgan fingerprint density at radius 1 is 0.620 bits per heavy atom. The summed E-state index contributed by atoms with van der Waals surface area (Å²) in [5.41, 5.74) is 0. The highest BCUT2D eigenvalue weighted by atomic mass is 31.2. The Morgan fingerprint density at radius 2 is 1.08 bits per heavy atom. The lowest BCUT2D eigenvalue weighted by Crippen LogP contribution is -2.29. The Kier molecular flexibility index (Phi) is 36.1. The van der Waals surface area contributed by atoms with Crippen molar-refractivity contribution in [1.29, 1.82) is 0 Å². The number of rotatable bonds is 38. The summed E-state index contributed by atoms with van der Waals surface area (Å²) in [4.78, 5) is 34.9. The van der Waals surface area contributed by atoms with Crippen LogP contribution >= 0.6 is 7.82 Å². The van der Waals surface area contributed by atoms with Crippen molar-refractivity contribution in [3.8, 4) is 0 Å². The van der Waals surface area contributed by atoms with Gasteiger partial charge in [0.05, 0.1) is 13.2 Å². The molecule has 2 N–H and O–H groups in total. The molecule has 0 amide bonds. The van der Waals surface area contributed by atoms with Crippen molar-refractivity contribution in [3.05, 3.63) is 24.3 Å². The molecule has 0 bridgehead atoms. The quantitative estimate of drug-likeness (QED) is 0.0277. The number of esters is 2. The van der Waals surface area contributed by atoms with Crippen molar-refractivity contribution in [2.75, 3.05) is 33.4 Å². The van der Waals surface area contributed by atoms with Crippen LogP contribution in [0.25, 0.3) is 0 Å². The van der Waals surface area contributed by atoms with E-state index >= 15 is 0 Å². The zero-order valence-electron chi connectivity index (χ0n) is 32.4. The second-order valence-corrected chi connectivity index (χ2v) is 14.9. The maximum Gasteiger partial charge on any atom is 0.472 e. The fourth-order valence-electron chi connectivity index (χ4n) is 5.46. The van der Waals surface area contributed by atoms with Gasteiger partial charge in [0.1, 0.15) is 6.61 Å². The van der Waals surface area contributed by atoms with Gasteiger partial charge in [0.25, 0.3) is 0 Å². The van der Waals surface area contributed by atoms with Crippen molar-refractivity contribution >= 4 is 19.8 Å². The average molecular weight is 730 g/mol. The summed E-state index contributed by atoms with van der Waals surface area (Å²) in [5, 5.41) is 2.82. The summed E-state index contributed by atoms with van der Waals surface area (Å²) in [6, 6.07) is 0.